The van der Waals surface area contributed by atoms with E-state index in [1.54, 1.807) is 5.01 Å². The van der Waals surface area contributed by atoms with E-state index in [-0.39, 0.29) is 11.2 Å². The average Bonchev–Trinajstić information content (AvgIpc) is 2.88. The first-order valence-electron chi connectivity index (χ1n) is 9.38. The number of carbonyl (C=O) groups excluding carboxylic acids is 1. The number of ketones is 1. The molecule has 1 N–H and O–H groups in total. The second-order valence-corrected chi connectivity index (χ2v) is 8.41. The number of phenolic OH excluding ortho intramolecular Hbond substituents is 1. The van der Waals surface area contributed by atoms with Crippen LogP contribution >= 0.6 is 0 Å². The Morgan fingerprint density at radius 2 is 2.00 bits per heavy atom. The number of aryl methyl sites for hydroxylation is 1. The van der Waals surface area contributed by atoms with Crippen molar-refractivity contribution in [3.05, 3.63) is 23.3 Å². The van der Waals surface area contributed by atoms with E-state index in [4.69, 9.17) is 0 Å². The van der Waals surface area contributed by atoms with Crippen molar-refractivity contribution < 1.29 is 9.90 Å². The summed E-state index contributed by atoms with van der Waals surface area (Å²) in [4.78, 5) is 12.4. The van der Waals surface area contributed by atoms with Gasteiger partial charge in [0.15, 0.2) is 0 Å². The summed E-state index contributed by atoms with van der Waals surface area (Å²) in [6.45, 7) is 2.20. The third-order valence-electron chi connectivity index (χ3n) is 6.86. The zero-order valence-corrected chi connectivity index (χ0v) is 15.3. The van der Waals surface area contributed by atoms with E-state index in [9.17, 15) is 9.90 Å². The Labute approximate surface area is 149 Å². The number of rotatable bonds is 2. The Morgan fingerprint density at radius 1 is 1.20 bits per heavy atom. The van der Waals surface area contributed by atoms with E-state index in [0.717, 1.165) is 38.5 Å². The van der Waals surface area contributed by atoms with Gasteiger partial charge in [0, 0.05) is 25.9 Å². The molecule has 4 rings (SSSR count). The minimum Gasteiger partial charge on any atom is -0.506 e. The van der Waals surface area contributed by atoms with Crippen LogP contribution in [0, 0.1) is 17.3 Å². The van der Waals surface area contributed by atoms with Crippen LogP contribution in [-0.4, -0.2) is 30.0 Å². The Bertz CT molecular complexity index is 743. The molecule has 0 aromatic heterocycles. The van der Waals surface area contributed by atoms with E-state index in [1.165, 1.54) is 11.1 Å². The first-order chi connectivity index (χ1) is 11.9. The Balaban J connectivity index is 1.70. The summed E-state index contributed by atoms with van der Waals surface area (Å²) < 4.78 is 0. The van der Waals surface area contributed by atoms with Crippen LogP contribution in [0.4, 0.5) is 5.69 Å². The predicted molar refractivity (Wildman–Crippen MR) is 95.9 cm³/mol. The van der Waals surface area contributed by atoms with Crippen LogP contribution < -0.4 is 0 Å². The second kappa shape index (κ2) is 5.82. The zero-order chi connectivity index (χ0) is 17.8. The molecule has 0 heterocycles. The normalized spacial score (nSPS) is 33.9. The van der Waals surface area contributed by atoms with Gasteiger partial charge in [-0.1, -0.05) is 12.1 Å². The fourth-order valence-electron chi connectivity index (χ4n) is 5.59. The molecular formula is C20H27N3O2. The van der Waals surface area contributed by atoms with Gasteiger partial charge in [0.2, 0.25) is 0 Å². The van der Waals surface area contributed by atoms with Crippen molar-refractivity contribution in [1.29, 1.82) is 0 Å². The Kier molecular flexibility index (Phi) is 3.85. The van der Waals surface area contributed by atoms with Gasteiger partial charge in [0.25, 0.3) is 0 Å². The molecule has 0 spiro atoms. The maximum Gasteiger partial charge on any atom is 0.143 e. The van der Waals surface area contributed by atoms with Crippen LogP contribution in [0.3, 0.4) is 0 Å². The highest BCUT2D eigenvalue weighted by molar-refractivity contribution is 5.87. The number of aromatic hydroxyl groups is 1. The van der Waals surface area contributed by atoms with E-state index >= 15 is 0 Å². The summed E-state index contributed by atoms with van der Waals surface area (Å²) in [6.07, 6.45) is 5.98. The third-order valence-corrected chi connectivity index (χ3v) is 6.86. The molecular weight excluding hydrogens is 314 g/mol. The minimum atomic E-state index is -0.0942. The highest BCUT2D eigenvalue weighted by Crippen LogP contribution is 2.60. The van der Waals surface area contributed by atoms with Gasteiger partial charge in [0.05, 0.1) is 0 Å². The maximum absolute atomic E-state index is 12.4. The lowest BCUT2D eigenvalue weighted by molar-refractivity contribution is -0.129. The first kappa shape index (κ1) is 16.6. The lowest BCUT2D eigenvalue weighted by Crippen LogP contribution is -2.42. The first-order valence-corrected chi connectivity index (χ1v) is 9.38. The molecule has 25 heavy (non-hydrogen) atoms. The molecule has 134 valence electrons. The van der Waals surface area contributed by atoms with Gasteiger partial charge in [-0.05, 0) is 73.1 Å². The van der Waals surface area contributed by atoms with Crippen LogP contribution in [0.2, 0.25) is 0 Å². The van der Waals surface area contributed by atoms with Crippen molar-refractivity contribution in [2.45, 2.75) is 51.4 Å². The zero-order valence-electron chi connectivity index (χ0n) is 15.3. The van der Waals surface area contributed by atoms with Crippen molar-refractivity contribution in [2.24, 2.45) is 27.6 Å². The van der Waals surface area contributed by atoms with Gasteiger partial charge in [-0.3, -0.25) is 9.80 Å². The Hall–Kier alpha value is -1.91. The topological polar surface area (TPSA) is 65.3 Å². The van der Waals surface area contributed by atoms with Gasteiger partial charge in [-0.15, -0.1) is 5.11 Å². The number of hydrogen-bond donors (Lipinski definition) is 1. The summed E-state index contributed by atoms with van der Waals surface area (Å²) >= 11 is 0. The highest BCUT2D eigenvalue weighted by atomic mass is 16.3. The van der Waals surface area contributed by atoms with Crippen LogP contribution in [0.1, 0.15) is 56.1 Å². The highest BCUT2D eigenvalue weighted by Gasteiger charge is 2.54. The fourth-order valence-corrected chi connectivity index (χ4v) is 5.59. The molecule has 1 aromatic carbocycles. The van der Waals surface area contributed by atoms with Crippen LogP contribution in [-0.2, 0) is 11.2 Å². The summed E-state index contributed by atoms with van der Waals surface area (Å²) in [5, 5.41) is 20.1. The Morgan fingerprint density at radius 3 is 2.76 bits per heavy atom. The molecule has 0 aliphatic heterocycles. The quantitative estimate of drug-likeness (QED) is 0.641. The number of hydrogen-bond acceptors (Lipinski definition) is 4. The average molecular weight is 341 g/mol. The lowest BCUT2D eigenvalue weighted by Gasteiger charge is -2.48. The molecule has 3 aliphatic rings. The maximum atomic E-state index is 12.4. The molecule has 0 amide bonds. The van der Waals surface area contributed by atoms with E-state index < -0.39 is 0 Å². The minimum absolute atomic E-state index is 0.0942. The molecule has 0 radical (unpaired) electrons. The molecule has 1 aromatic rings. The summed E-state index contributed by atoms with van der Waals surface area (Å²) in [7, 11) is 3.63. The van der Waals surface area contributed by atoms with Crippen LogP contribution in [0.5, 0.6) is 5.75 Å². The summed E-state index contributed by atoms with van der Waals surface area (Å²) in [6, 6.07) is 3.91. The molecule has 0 bridgehead atoms. The number of benzene rings is 1. The molecule has 5 heteroatoms. The monoisotopic (exact) mass is 341 g/mol. The smallest absolute Gasteiger partial charge is 0.143 e. The van der Waals surface area contributed by atoms with Gasteiger partial charge in [0.1, 0.15) is 17.2 Å². The van der Waals surface area contributed by atoms with E-state index in [0.29, 0.717) is 29.2 Å². The van der Waals surface area contributed by atoms with Gasteiger partial charge in [-0.25, -0.2) is 0 Å². The predicted octanol–water partition coefficient (Wildman–Crippen LogP) is 4.38. The van der Waals surface area contributed by atoms with Crippen LogP contribution in [0.15, 0.2) is 22.5 Å². The van der Waals surface area contributed by atoms with Gasteiger partial charge in [-0.2, -0.15) is 0 Å². The molecule has 2 fully saturated rings. The van der Waals surface area contributed by atoms with Crippen molar-refractivity contribution >= 4 is 11.5 Å². The van der Waals surface area contributed by atoms with Crippen molar-refractivity contribution in [1.82, 2.24) is 5.01 Å². The van der Waals surface area contributed by atoms with E-state index in [1.807, 2.05) is 26.2 Å². The largest absolute Gasteiger partial charge is 0.506 e. The van der Waals surface area contributed by atoms with Crippen LogP contribution in [0.25, 0.3) is 0 Å². The van der Waals surface area contributed by atoms with Gasteiger partial charge < -0.3 is 5.11 Å². The van der Waals surface area contributed by atoms with Crippen molar-refractivity contribution in [3.63, 3.8) is 0 Å². The molecule has 2 saturated carbocycles. The molecule has 4 atom stereocenters. The molecule has 0 saturated heterocycles. The molecule has 5 nitrogen and oxygen atoms in total. The molecule has 4 unspecified atom stereocenters. The lowest BCUT2D eigenvalue weighted by atomic mass is 9.55. The molecule has 3 aliphatic carbocycles. The van der Waals surface area contributed by atoms with Crippen molar-refractivity contribution in [3.8, 4) is 5.75 Å². The number of fused-ring (bicyclic) bond motifs is 5. The summed E-state index contributed by atoms with van der Waals surface area (Å²) in [5.41, 5.74) is 3.02. The standard InChI is InChI=1S/C20H27N3O2/c1-20-9-8-13-14(16(20)6-7-19(20)25)5-4-12-10-18(24)17(11-15(12)13)21-22-23(2)3/h10-11,13-14,16,24H,4-9H2,1-3H3. The fraction of sp³-hybridized carbons (Fsp3) is 0.650. The second-order valence-electron chi connectivity index (χ2n) is 8.41. The summed E-state index contributed by atoms with van der Waals surface area (Å²) in [5.74, 6) is 2.28. The van der Waals surface area contributed by atoms with Crippen molar-refractivity contribution in [2.75, 3.05) is 14.1 Å². The SMILES string of the molecule is CN(C)N=Nc1cc2c(cc1O)CCC1C2CCC2(C)C(=O)CCC12. The number of carbonyl (C=O) groups is 1. The third kappa shape index (κ3) is 2.55. The number of nitrogens with zero attached hydrogens (tertiary/aromatic N) is 3. The van der Waals surface area contributed by atoms with Gasteiger partial charge >= 0.3 is 0 Å². The number of phenols is 1. The van der Waals surface area contributed by atoms with E-state index in [2.05, 4.69) is 17.3 Å². The number of Topliss-reactive ketones (excluding diaryl/α,β-unsaturated/α-hetero) is 1.